The molecule has 1 aliphatic carbocycles. The van der Waals surface area contributed by atoms with Crippen molar-refractivity contribution in [3.8, 4) is 0 Å². The van der Waals surface area contributed by atoms with Gasteiger partial charge in [-0.05, 0) is 24.7 Å². The fourth-order valence-electron chi connectivity index (χ4n) is 2.14. The van der Waals surface area contributed by atoms with E-state index in [1.165, 1.54) is 6.42 Å². The van der Waals surface area contributed by atoms with Crippen molar-refractivity contribution in [3.05, 3.63) is 0 Å². The molecule has 0 spiro atoms. The molecule has 17 heavy (non-hydrogen) atoms. The molecular weight excluding hydrogens is 216 g/mol. The normalized spacial score (nSPS) is 24.5. The third-order valence-electron chi connectivity index (χ3n) is 3.31. The standard InChI is InChI=1S/C13H24N2O2/c1-9(2)8-14-12(16)13(17)15-11-7-5-4-6-10(11)3/h9-11H,4-8H2,1-3H3,(H,14,16)(H,15,17)/t10-,11-/m0/s1. The number of carbonyl (C=O) groups excluding carboxylic acids is 2. The van der Waals surface area contributed by atoms with Crippen molar-refractivity contribution in [2.75, 3.05) is 6.54 Å². The van der Waals surface area contributed by atoms with Gasteiger partial charge in [-0.25, -0.2) is 0 Å². The van der Waals surface area contributed by atoms with Crippen LogP contribution in [-0.4, -0.2) is 24.4 Å². The summed E-state index contributed by atoms with van der Waals surface area (Å²) in [6.45, 7) is 6.69. The molecule has 0 radical (unpaired) electrons. The van der Waals surface area contributed by atoms with Gasteiger partial charge in [-0.2, -0.15) is 0 Å². The summed E-state index contributed by atoms with van der Waals surface area (Å²) in [4.78, 5) is 23.2. The van der Waals surface area contributed by atoms with Gasteiger partial charge in [-0.3, -0.25) is 9.59 Å². The van der Waals surface area contributed by atoms with Gasteiger partial charge in [-0.15, -0.1) is 0 Å². The summed E-state index contributed by atoms with van der Waals surface area (Å²) >= 11 is 0. The zero-order valence-electron chi connectivity index (χ0n) is 11.1. The molecule has 1 rings (SSSR count). The summed E-state index contributed by atoms with van der Waals surface area (Å²) in [5, 5.41) is 5.48. The van der Waals surface area contributed by atoms with Gasteiger partial charge >= 0.3 is 11.8 Å². The van der Waals surface area contributed by atoms with E-state index in [9.17, 15) is 9.59 Å². The summed E-state index contributed by atoms with van der Waals surface area (Å²) < 4.78 is 0. The highest BCUT2D eigenvalue weighted by atomic mass is 16.2. The average molecular weight is 240 g/mol. The Bertz CT molecular complexity index is 277. The summed E-state index contributed by atoms with van der Waals surface area (Å²) in [6, 6.07) is 0.168. The van der Waals surface area contributed by atoms with Gasteiger partial charge in [0.05, 0.1) is 0 Å². The highest BCUT2D eigenvalue weighted by molar-refractivity contribution is 6.35. The molecule has 0 aromatic heterocycles. The fraction of sp³-hybridized carbons (Fsp3) is 0.846. The minimum atomic E-state index is -0.503. The quantitative estimate of drug-likeness (QED) is 0.734. The molecule has 0 aromatic rings. The van der Waals surface area contributed by atoms with Gasteiger partial charge in [0, 0.05) is 12.6 Å². The van der Waals surface area contributed by atoms with Crippen molar-refractivity contribution in [2.24, 2.45) is 11.8 Å². The van der Waals surface area contributed by atoms with Gasteiger partial charge < -0.3 is 10.6 Å². The molecular formula is C13H24N2O2. The Morgan fingerprint density at radius 1 is 1.18 bits per heavy atom. The predicted molar refractivity (Wildman–Crippen MR) is 67.4 cm³/mol. The van der Waals surface area contributed by atoms with E-state index < -0.39 is 11.8 Å². The van der Waals surface area contributed by atoms with E-state index in [0.717, 1.165) is 19.3 Å². The number of amides is 2. The van der Waals surface area contributed by atoms with E-state index in [-0.39, 0.29) is 6.04 Å². The lowest BCUT2D eigenvalue weighted by molar-refractivity contribution is -0.140. The maximum absolute atomic E-state index is 11.6. The second-order valence-electron chi connectivity index (χ2n) is 5.45. The van der Waals surface area contributed by atoms with Crippen LogP contribution in [0.1, 0.15) is 46.5 Å². The summed E-state index contributed by atoms with van der Waals surface area (Å²) in [7, 11) is 0. The average Bonchev–Trinajstić information content (AvgIpc) is 2.28. The second kappa shape index (κ2) is 6.62. The molecule has 4 nitrogen and oxygen atoms in total. The lowest BCUT2D eigenvalue weighted by atomic mass is 9.86. The van der Waals surface area contributed by atoms with E-state index in [1.807, 2.05) is 13.8 Å². The minimum Gasteiger partial charge on any atom is -0.348 e. The zero-order chi connectivity index (χ0) is 12.8. The molecule has 2 atom stereocenters. The number of nitrogens with one attached hydrogen (secondary N) is 2. The second-order valence-corrected chi connectivity index (χ2v) is 5.45. The van der Waals surface area contributed by atoms with Crippen molar-refractivity contribution in [2.45, 2.75) is 52.5 Å². The molecule has 1 fully saturated rings. The molecule has 0 heterocycles. The van der Waals surface area contributed by atoms with E-state index in [4.69, 9.17) is 0 Å². The molecule has 0 bridgehead atoms. The first kappa shape index (κ1) is 14.0. The maximum atomic E-state index is 11.6. The largest absolute Gasteiger partial charge is 0.348 e. The van der Waals surface area contributed by atoms with Crippen molar-refractivity contribution < 1.29 is 9.59 Å². The summed E-state index contributed by atoms with van der Waals surface area (Å²) in [5.41, 5.74) is 0. The van der Waals surface area contributed by atoms with E-state index in [0.29, 0.717) is 18.4 Å². The lowest BCUT2D eigenvalue weighted by Gasteiger charge is -2.29. The van der Waals surface area contributed by atoms with Crippen LogP contribution < -0.4 is 10.6 Å². The topological polar surface area (TPSA) is 58.2 Å². The van der Waals surface area contributed by atoms with Gasteiger partial charge in [0.1, 0.15) is 0 Å². The highest BCUT2D eigenvalue weighted by Crippen LogP contribution is 2.23. The van der Waals surface area contributed by atoms with Gasteiger partial charge in [0.15, 0.2) is 0 Å². The minimum absolute atomic E-state index is 0.168. The molecule has 1 aliphatic rings. The van der Waals surface area contributed by atoms with Crippen LogP contribution in [0.15, 0.2) is 0 Å². The van der Waals surface area contributed by atoms with Crippen LogP contribution in [-0.2, 0) is 9.59 Å². The first-order valence-corrected chi connectivity index (χ1v) is 6.59. The van der Waals surface area contributed by atoms with Crippen LogP contribution in [0.2, 0.25) is 0 Å². The monoisotopic (exact) mass is 240 g/mol. The van der Waals surface area contributed by atoms with Crippen LogP contribution in [0, 0.1) is 11.8 Å². The predicted octanol–water partition coefficient (Wildman–Crippen LogP) is 1.45. The van der Waals surface area contributed by atoms with E-state index in [2.05, 4.69) is 17.6 Å². The van der Waals surface area contributed by atoms with Crippen molar-refractivity contribution in [3.63, 3.8) is 0 Å². The Labute approximate surface area is 104 Å². The third kappa shape index (κ3) is 4.75. The molecule has 4 heteroatoms. The Morgan fingerprint density at radius 3 is 2.41 bits per heavy atom. The van der Waals surface area contributed by atoms with Crippen molar-refractivity contribution >= 4 is 11.8 Å². The number of hydrogen-bond donors (Lipinski definition) is 2. The van der Waals surface area contributed by atoms with Crippen LogP contribution in [0.3, 0.4) is 0 Å². The number of rotatable bonds is 3. The lowest BCUT2D eigenvalue weighted by Crippen LogP contribution is -2.48. The third-order valence-corrected chi connectivity index (χ3v) is 3.31. The van der Waals surface area contributed by atoms with Crippen molar-refractivity contribution in [1.29, 1.82) is 0 Å². The number of carbonyl (C=O) groups is 2. The first-order valence-electron chi connectivity index (χ1n) is 6.59. The molecule has 98 valence electrons. The Kier molecular flexibility index (Phi) is 5.45. The molecule has 0 saturated heterocycles. The van der Waals surface area contributed by atoms with Crippen LogP contribution in [0.25, 0.3) is 0 Å². The van der Waals surface area contributed by atoms with Crippen LogP contribution in [0.4, 0.5) is 0 Å². The van der Waals surface area contributed by atoms with Gasteiger partial charge in [0.25, 0.3) is 0 Å². The van der Waals surface area contributed by atoms with Gasteiger partial charge in [0.2, 0.25) is 0 Å². The Hall–Kier alpha value is -1.06. The van der Waals surface area contributed by atoms with Crippen molar-refractivity contribution in [1.82, 2.24) is 10.6 Å². The highest BCUT2D eigenvalue weighted by Gasteiger charge is 2.25. The van der Waals surface area contributed by atoms with E-state index in [1.54, 1.807) is 0 Å². The van der Waals surface area contributed by atoms with Gasteiger partial charge in [-0.1, -0.05) is 33.6 Å². The Morgan fingerprint density at radius 2 is 1.82 bits per heavy atom. The van der Waals surface area contributed by atoms with E-state index >= 15 is 0 Å². The zero-order valence-corrected chi connectivity index (χ0v) is 11.1. The van der Waals surface area contributed by atoms with Crippen LogP contribution in [0.5, 0.6) is 0 Å². The first-order chi connectivity index (χ1) is 8.00. The molecule has 0 aliphatic heterocycles. The molecule has 2 amide bonds. The molecule has 2 N–H and O–H groups in total. The summed E-state index contributed by atoms with van der Waals surface area (Å²) in [6.07, 6.45) is 4.50. The fourth-order valence-corrected chi connectivity index (χ4v) is 2.14. The summed E-state index contributed by atoms with van der Waals surface area (Å²) in [5.74, 6) is -0.146. The maximum Gasteiger partial charge on any atom is 0.309 e. The number of hydrogen-bond acceptors (Lipinski definition) is 2. The molecule has 1 saturated carbocycles. The Balaban J connectivity index is 2.34. The van der Waals surface area contributed by atoms with Crippen LogP contribution >= 0.6 is 0 Å². The SMILES string of the molecule is CC(C)CNC(=O)C(=O)N[C@H]1CCCC[C@@H]1C. The molecule has 0 aromatic carbocycles. The molecule has 0 unspecified atom stereocenters. The smallest absolute Gasteiger partial charge is 0.309 e.